The highest BCUT2D eigenvalue weighted by molar-refractivity contribution is 8.16. The van der Waals surface area contributed by atoms with Crippen LogP contribution >= 0.6 is 11.8 Å². The molecule has 1 amide bonds. The molecule has 1 aromatic carbocycles. The Hall–Kier alpha value is -1.41. The van der Waals surface area contributed by atoms with Gasteiger partial charge in [0.15, 0.2) is 15.0 Å². The van der Waals surface area contributed by atoms with Crippen LogP contribution in [0.2, 0.25) is 0 Å². The zero-order valence-corrected chi connectivity index (χ0v) is 16.7. The molecule has 0 N–H and O–H groups in total. The zero-order chi connectivity index (χ0) is 19.1. The standard InChI is InChI=1S/C18H23FN2O3S2/c1-4-12(5-2)17(22)20-18-21(13-7-6-11(3)14(19)8-13)15-9-26(23,24)10-16(15)25-18/h6-8,12,15-16H,4-5,9-10H2,1-3H3/t15-,16-/m1/s1. The second-order valence-electron chi connectivity index (χ2n) is 6.85. The van der Waals surface area contributed by atoms with Gasteiger partial charge in [-0.1, -0.05) is 31.7 Å². The van der Waals surface area contributed by atoms with Gasteiger partial charge in [0.1, 0.15) is 5.82 Å². The highest BCUT2D eigenvalue weighted by atomic mass is 32.2. The van der Waals surface area contributed by atoms with Gasteiger partial charge in [0.2, 0.25) is 0 Å². The molecule has 8 heteroatoms. The Labute approximate surface area is 158 Å². The first-order valence-corrected chi connectivity index (χ1v) is 11.5. The molecule has 0 bridgehead atoms. The molecule has 2 aliphatic heterocycles. The van der Waals surface area contributed by atoms with Crippen molar-refractivity contribution in [1.82, 2.24) is 0 Å². The lowest BCUT2D eigenvalue weighted by Crippen LogP contribution is -2.38. The van der Waals surface area contributed by atoms with E-state index in [1.807, 2.05) is 13.8 Å². The number of carbonyl (C=O) groups excluding carboxylic acids is 1. The average Bonchev–Trinajstić information content (AvgIpc) is 3.02. The van der Waals surface area contributed by atoms with E-state index in [-0.39, 0.29) is 40.4 Å². The summed E-state index contributed by atoms with van der Waals surface area (Å²) >= 11 is 1.32. The van der Waals surface area contributed by atoms with Crippen molar-refractivity contribution < 1.29 is 17.6 Å². The number of hydrogen-bond acceptors (Lipinski definition) is 4. The number of anilines is 1. The summed E-state index contributed by atoms with van der Waals surface area (Å²) in [7, 11) is -3.14. The molecule has 2 heterocycles. The first-order valence-electron chi connectivity index (χ1n) is 8.80. The summed E-state index contributed by atoms with van der Waals surface area (Å²) in [5.74, 6) is -0.645. The second-order valence-corrected chi connectivity index (χ2v) is 10.2. The van der Waals surface area contributed by atoms with E-state index in [1.54, 1.807) is 24.0 Å². The van der Waals surface area contributed by atoms with Crippen molar-refractivity contribution in [3.63, 3.8) is 0 Å². The van der Waals surface area contributed by atoms with E-state index >= 15 is 0 Å². The van der Waals surface area contributed by atoms with Crippen LogP contribution in [-0.2, 0) is 14.6 Å². The molecule has 2 fully saturated rings. The fourth-order valence-electron chi connectivity index (χ4n) is 3.42. The molecular formula is C18H23FN2O3S2. The zero-order valence-electron chi connectivity index (χ0n) is 15.1. The van der Waals surface area contributed by atoms with Crippen molar-refractivity contribution in [1.29, 1.82) is 0 Å². The number of aliphatic imine (C=N–C) groups is 1. The van der Waals surface area contributed by atoms with E-state index in [2.05, 4.69) is 4.99 Å². The van der Waals surface area contributed by atoms with Crippen LogP contribution in [-0.4, -0.2) is 42.3 Å². The number of halogens is 1. The van der Waals surface area contributed by atoms with Crippen LogP contribution in [0.5, 0.6) is 0 Å². The maximum absolute atomic E-state index is 14.1. The van der Waals surface area contributed by atoms with Crippen LogP contribution in [0.25, 0.3) is 0 Å². The summed E-state index contributed by atoms with van der Waals surface area (Å²) in [6, 6.07) is 4.48. The molecular weight excluding hydrogens is 375 g/mol. The molecule has 26 heavy (non-hydrogen) atoms. The third-order valence-corrected chi connectivity index (χ3v) is 8.25. The number of sulfone groups is 1. The highest BCUT2D eigenvalue weighted by Crippen LogP contribution is 2.41. The molecule has 2 saturated heterocycles. The molecule has 0 unspecified atom stereocenters. The third-order valence-electron chi connectivity index (χ3n) is 5.04. The summed E-state index contributed by atoms with van der Waals surface area (Å²) < 4.78 is 38.2. The van der Waals surface area contributed by atoms with Crippen LogP contribution in [0.15, 0.2) is 23.2 Å². The van der Waals surface area contributed by atoms with Gasteiger partial charge < -0.3 is 4.90 Å². The number of hydrogen-bond donors (Lipinski definition) is 0. The lowest BCUT2D eigenvalue weighted by molar-refractivity contribution is -0.121. The lowest BCUT2D eigenvalue weighted by atomic mass is 10.0. The number of thioether (sulfide) groups is 1. The van der Waals surface area contributed by atoms with Gasteiger partial charge in [-0.25, -0.2) is 12.8 Å². The first-order chi connectivity index (χ1) is 12.3. The van der Waals surface area contributed by atoms with E-state index in [0.717, 1.165) is 0 Å². The number of rotatable bonds is 4. The maximum Gasteiger partial charge on any atom is 0.251 e. The Kier molecular flexibility index (Phi) is 5.44. The molecule has 0 spiro atoms. The Balaban J connectivity index is 2.01. The largest absolute Gasteiger partial charge is 0.315 e. The summed E-state index contributed by atoms with van der Waals surface area (Å²) in [4.78, 5) is 18.5. The maximum atomic E-state index is 14.1. The van der Waals surface area contributed by atoms with Gasteiger partial charge in [-0.15, -0.1) is 0 Å². The summed E-state index contributed by atoms with van der Waals surface area (Å²) in [6.45, 7) is 5.57. The number of nitrogens with zero attached hydrogens (tertiary/aromatic N) is 2. The van der Waals surface area contributed by atoms with Gasteiger partial charge in [0, 0.05) is 16.9 Å². The summed E-state index contributed by atoms with van der Waals surface area (Å²) in [5, 5.41) is 0.299. The Bertz CT molecular complexity index is 850. The van der Waals surface area contributed by atoms with E-state index in [1.165, 1.54) is 17.8 Å². The molecule has 142 valence electrons. The molecule has 1 aromatic rings. The van der Waals surface area contributed by atoms with E-state index in [9.17, 15) is 17.6 Å². The molecule has 2 aliphatic rings. The van der Waals surface area contributed by atoms with E-state index in [4.69, 9.17) is 0 Å². The number of amides is 1. The quantitative estimate of drug-likeness (QED) is 0.779. The van der Waals surface area contributed by atoms with Gasteiger partial charge in [0.05, 0.1) is 17.5 Å². The van der Waals surface area contributed by atoms with Crippen LogP contribution in [0, 0.1) is 18.7 Å². The van der Waals surface area contributed by atoms with Gasteiger partial charge in [0.25, 0.3) is 5.91 Å². The average molecular weight is 399 g/mol. The van der Waals surface area contributed by atoms with Crippen molar-refractivity contribution in [2.75, 3.05) is 16.4 Å². The molecule has 0 saturated carbocycles. The van der Waals surface area contributed by atoms with E-state index in [0.29, 0.717) is 29.3 Å². The van der Waals surface area contributed by atoms with Crippen LogP contribution < -0.4 is 4.90 Å². The number of carbonyl (C=O) groups is 1. The topological polar surface area (TPSA) is 66.8 Å². The summed E-state index contributed by atoms with van der Waals surface area (Å²) in [5.41, 5.74) is 1.06. The predicted octanol–water partition coefficient (Wildman–Crippen LogP) is 3.17. The highest BCUT2D eigenvalue weighted by Gasteiger charge is 2.49. The fourth-order valence-corrected chi connectivity index (χ4v) is 7.34. The van der Waals surface area contributed by atoms with Crippen molar-refractivity contribution in [3.8, 4) is 0 Å². The minimum Gasteiger partial charge on any atom is -0.315 e. The number of aryl methyl sites for hydroxylation is 1. The molecule has 0 radical (unpaired) electrons. The minimum atomic E-state index is -3.14. The summed E-state index contributed by atoms with van der Waals surface area (Å²) in [6.07, 6.45) is 1.41. The number of fused-ring (bicyclic) bond motifs is 1. The molecule has 2 atom stereocenters. The second kappa shape index (κ2) is 7.31. The van der Waals surface area contributed by atoms with E-state index < -0.39 is 9.84 Å². The van der Waals surface area contributed by atoms with Crippen LogP contribution in [0.3, 0.4) is 0 Å². The Morgan fingerprint density at radius 2 is 2.04 bits per heavy atom. The molecule has 5 nitrogen and oxygen atoms in total. The number of benzene rings is 1. The smallest absolute Gasteiger partial charge is 0.251 e. The van der Waals surface area contributed by atoms with Crippen molar-refractivity contribution in [3.05, 3.63) is 29.6 Å². The SMILES string of the molecule is CCC(CC)C(=O)N=C1S[C@@H]2CS(=O)(=O)C[C@H]2N1c1ccc(C)c(F)c1. The van der Waals surface area contributed by atoms with Gasteiger partial charge in [-0.05, 0) is 37.5 Å². The fraction of sp³-hybridized carbons (Fsp3) is 0.556. The molecule has 0 aliphatic carbocycles. The Morgan fingerprint density at radius 1 is 1.35 bits per heavy atom. The molecule has 0 aromatic heterocycles. The van der Waals surface area contributed by atoms with Gasteiger partial charge in [-0.2, -0.15) is 4.99 Å². The minimum absolute atomic E-state index is 0.00163. The monoisotopic (exact) mass is 398 g/mol. The molecule has 3 rings (SSSR count). The third kappa shape index (κ3) is 3.67. The van der Waals surface area contributed by atoms with Crippen LogP contribution in [0.1, 0.15) is 32.3 Å². The van der Waals surface area contributed by atoms with Crippen LogP contribution in [0.4, 0.5) is 10.1 Å². The van der Waals surface area contributed by atoms with Gasteiger partial charge >= 0.3 is 0 Å². The van der Waals surface area contributed by atoms with Crippen molar-refractivity contribution >= 4 is 38.4 Å². The Morgan fingerprint density at radius 3 is 2.65 bits per heavy atom. The first kappa shape index (κ1) is 19.4. The number of amidine groups is 1. The van der Waals surface area contributed by atoms with Gasteiger partial charge in [-0.3, -0.25) is 4.79 Å². The van der Waals surface area contributed by atoms with Crippen molar-refractivity contribution in [2.24, 2.45) is 10.9 Å². The predicted molar refractivity (Wildman–Crippen MR) is 104 cm³/mol. The lowest BCUT2D eigenvalue weighted by Gasteiger charge is -2.25. The normalized spacial score (nSPS) is 25.9. The van der Waals surface area contributed by atoms with Crippen molar-refractivity contribution in [2.45, 2.75) is 44.9 Å².